The Morgan fingerprint density at radius 3 is 2.66 bits per heavy atom. The van der Waals surface area contributed by atoms with Gasteiger partial charge in [0.1, 0.15) is 0 Å². The van der Waals surface area contributed by atoms with Crippen molar-refractivity contribution < 1.29 is 4.79 Å². The number of rotatable bonds is 4. The number of hydrogen-bond donors (Lipinski definition) is 2. The van der Waals surface area contributed by atoms with E-state index in [1.54, 1.807) is 12.4 Å². The van der Waals surface area contributed by atoms with Crippen molar-refractivity contribution in [1.29, 1.82) is 0 Å². The van der Waals surface area contributed by atoms with Gasteiger partial charge in [-0.25, -0.2) is 9.67 Å². The molecule has 0 saturated heterocycles. The summed E-state index contributed by atoms with van der Waals surface area (Å²) in [5, 5.41) is 8.67. The van der Waals surface area contributed by atoms with Crippen molar-refractivity contribution in [3.05, 3.63) is 59.9 Å². The Hall–Kier alpha value is -2.73. The third-order valence-electron chi connectivity index (χ3n) is 6.59. The van der Waals surface area contributed by atoms with E-state index in [0.29, 0.717) is 23.9 Å². The van der Waals surface area contributed by atoms with Gasteiger partial charge in [0.05, 0.1) is 18.3 Å². The molecule has 2 saturated carbocycles. The van der Waals surface area contributed by atoms with Gasteiger partial charge in [0, 0.05) is 23.7 Å². The average molecular weight is 390 g/mol. The van der Waals surface area contributed by atoms with Crippen LogP contribution in [-0.2, 0) is 6.54 Å². The molecule has 5 rings (SSSR count). The van der Waals surface area contributed by atoms with Crippen LogP contribution < -0.4 is 11.1 Å². The fraction of sp³-hybridized carbons (Fsp3) is 0.435. The second-order valence-electron chi connectivity index (χ2n) is 8.61. The quantitative estimate of drug-likeness (QED) is 0.718. The van der Waals surface area contributed by atoms with Gasteiger partial charge in [0.2, 0.25) is 0 Å². The smallest absolute Gasteiger partial charge is 0.253 e. The summed E-state index contributed by atoms with van der Waals surface area (Å²) in [7, 11) is 0. The monoisotopic (exact) mass is 389 g/mol. The molecule has 1 amide bonds. The first-order valence-electron chi connectivity index (χ1n) is 10.6. The Labute approximate surface area is 170 Å². The highest BCUT2D eigenvalue weighted by atomic mass is 16.1. The molecular formula is C23H27N5O. The molecule has 0 spiro atoms. The molecule has 2 aliphatic carbocycles. The number of amides is 1. The molecule has 2 aromatic heterocycles. The van der Waals surface area contributed by atoms with Gasteiger partial charge >= 0.3 is 0 Å². The Bertz CT molecular complexity index is 1000. The zero-order valence-corrected chi connectivity index (χ0v) is 16.5. The summed E-state index contributed by atoms with van der Waals surface area (Å²) < 4.78 is 1.87. The van der Waals surface area contributed by atoms with E-state index in [2.05, 4.69) is 27.5 Å². The highest BCUT2D eigenvalue weighted by Crippen LogP contribution is 2.39. The Kier molecular flexibility index (Phi) is 4.79. The molecule has 29 heavy (non-hydrogen) atoms. The van der Waals surface area contributed by atoms with Gasteiger partial charge in [0.25, 0.3) is 5.91 Å². The lowest BCUT2D eigenvalue weighted by Crippen LogP contribution is -2.53. The first-order chi connectivity index (χ1) is 14.2. The highest BCUT2D eigenvalue weighted by molar-refractivity contribution is 5.97. The zero-order chi connectivity index (χ0) is 19.8. The summed E-state index contributed by atoms with van der Waals surface area (Å²) in [6.45, 7) is 0.661. The number of benzene rings is 1. The summed E-state index contributed by atoms with van der Waals surface area (Å²) in [5.41, 5.74) is 8.79. The van der Waals surface area contributed by atoms with Crippen LogP contribution >= 0.6 is 0 Å². The second-order valence-corrected chi connectivity index (χ2v) is 8.61. The summed E-state index contributed by atoms with van der Waals surface area (Å²) in [4.78, 5) is 17.5. The lowest BCUT2D eigenvalue weighted by Gasteiger charge is -2.45. The number of nitrogens with one attached hydrogen (secondary N) is 1. The summed E-state index contributed by atoms with van der Waals surface area (Å²) in [6, 6.07) is 12.6. The van der Waals surface area contributed by atoms with Crippen LogP contribution in [0, 0.1) is 11.8 Å². The van der Waals surface area contributed by atoms with Crippen LogP contribution in [0.5, 0.6) is 0 Å². The SMILES string of the molecule is NC1CC2CCCC(C1)C2NC(=O)c1cnc2c(cnn2Cc2ccccc2)c1. The van der Waals surface area contributed by atoms with Crippen LogP contribution in [0.1, 0.15) is 48.0 Å². The van der Waals surface area contributed by atoms with Gasteiger partial charge in [-0.05, 0) is 49.1 Å². The van der Waals surface area contributed by atoms with Gasteiger partial charge in [0.15, 0.2) is 5.65 Å². The van der Waals surface area contributed by atoms with Crippen molar-refractivity contribution in [1.82, 2.24) is 20.1 Å². The van der Waals surface area contributed by atoms with Gasteiger partial charge in [-0.3, -0.25) is 4.79 Å². The molecule has 0 radical (unpaired) electrons. The van der Waals surface area contributed by atoms with Crippen LogP contribution in [-0.4, -0.2) is 32.8 Å². The summed E-state index contributed by atoms with van der Waals surface area (Å²) in [6.07, 6.45) is 9.08. The van der Waals surface area contributed by atoms with Gasteiger partial charge in [-0.15, -0.1) is 0 Å². The van der Waals surface area contributed by atoms with Crippen LogP contribution in [0.3, 0.4) is 0 Å². The number of pyridine rings is 1. The summed E-state index contributed by atoms with van der Waals surface area (Å²) >= 11 is 0. The molecule has 6 heteroatoms. The highest BCUT2D eigenvalue weighted by Gasteiger charge is 2.40. The predicted molar refractivity (Wildman–Crippen MR) is 112 cm³/mol. The third kappa shape index (κ3) is 3.65. The van der Waals surface area contributed by atoms with E-state index < -0.39 is 0 Å². The molecule has 3 aromatic rings. The molecule has 2 fully saturated rings. The van der Waals surface area contributed by atoms with Crippen LogP contribution in [0.15, 0.2) is 48.8 Å². The number of nitrogens with two attached hydrogens (primary N) is 1. The number of hydrogen-bond acceptors (Lipinski definition) is 4. The normalized spacial score (nSPS) is 26.4. The molecule has 2 heterocycles. The number of carbonyl (C=O) groups excluding carboxylic acids is 1. The molecule has 150 valence electrons. The van der Waals surface area contributed by atoms with Crippen molar-refractivity contribution in [3.63, 3.8) is 0 Å². The first kappa shape index (κ1) is 18.3. The average Bonchev–Trinajstić information content (AvgIpc) is 3.11. The molecule has 0 aliphatic heterocycles. The van der Waals surface area contributed by atoms with Crippen molar-refractivity contribution >= 4 is 16.9 Å². The van der Waals surface area contributed by atoms with Crippen molar-refractivity contribution in [2.24, 2.45) is 17.6 Å². The van der Waals surface area contributed by atoms with E-state index in [-0.39, 0.29) is 18.0 Å². The van der Waals surface area contributed by atoms with Crippen molar-refractivity contribution in [2.45, 2.75) is 50.7 Å². The minimum atomic E-state index is -0.0346. The summed E-state index contributed by atoms with van der Waals surface area (Å²) in [5.74, 6) is 0.978. The van der Waals surface area contributed by atoms with E-state index >= 15 is 0 Å². The molecule has 6 nitrogen and oxygen atoms in total. The van der Waals surface area contributed by atoms with Crippen molar-refractivity contribution in [2.75, 3.05) is 0 Å². The molecule has 1 aromatic carbocycles. The topological polar surface area (TPSA) is 85.8 Å². The fourth-order valence-electron chi connectivity index (χ4n) is 5.23. The molecule has 2 unspecified atom stereocenters. The maximum Gasteiger partial charge on any atom is 0.253 e. The maximum atomic E-state index is 13.0. The lowest BCUT2D eigenvalue weighted by molar-refractivity contribution is 0.0756. The zero-order valence-electron chi connectivity index (χ0n) is 16.5. The fourth-order valence-corrected chi connectivity index (χ4v) is 5.23. The predicted octanol–water partition coefficient (Wildman–Crippen LogP) is 3.12. The van der Waals surface area contributed by atoms with E-state index in [0.717, 1.165) is 23.9 Å². The van der Waals surface area contributed by atoms with Gasteiger partial charge in [-0.1, -0.05) is 36.8 Å². The lowest BCUT2D eigenvalue weighted by atomic mass is 9.67. The molecule has 3 N–H and O–H groups in total. The number of nitrogens with zero attached hydrogens (tertiary/aromatic N) is 3. The molecule has 2 bridgehead atoms. The van der Waals surface area contributed by atoms with E-state index in [4.69, 9.17) is 5.73 Å². The number of fused-ring (bicyclic) bond motifs is 3. The van der Waals surface area contributed by atoms with Crippen molar-refractivity contribution in [3.8, 4) is 0 Å². The number of carbonyl (C=O) groups is 1. The molecule has 2 atom stereocenters. The third-order valence-corrected chi connectivity index (χ3v) is 6.59. The van der Waals surface area contributed by atoms with Gasteiger partial charge < -0.3 is 11.1 Å². The second kappa shape index (κ2) is 7.59. The minimum Gasteiger partial charge on any atom is -0.349 e. The number of aromatic nitrogens is 3. The molecular weight excluding hydrogens is 362 g/mol. The van der Waals surface area contributed by atoms with E-state index in [1.165, 1.54) is 24.8 Å². The largest absolute Gasteiger partial charge is 0.349 e. The Balaban J connectivity index is 1.33. The minimum absolute atomic E-state index is 0.0346. The van der Waals surface area contributed by atoms with Crippen LogP contribution in [0.2, 0.25) is 0 Å². The first-order valence-corrected chi connectivity index (χ1v) is 10.6. The van der Waals surface area contributed by atoms with Crippen LogP contribution in [0.25, 0.3) is 11.0 Å². The standard InChI is InChI=1S/C23H27N5O/c24-20-10-16-7-4-8-17(11-20)21(16)27-23(29)19-9-18-13-26-28(22(18)25-12-19)14-15-5-2-1-3-6-15/h1-3,5-6,9,12-13,16-17,20-21H,4,7-8,10-11,14,24H2,(H,27,29). The van der Waals surface area contributed by atoms with E-state index in [1.807, 2.05) is 28.9 Å². The Morgan fingerprint density at radius 2 is 1.90 bits per heavy atom. The van der Waals surface area contributed by atoms with Gasteiger partial charge in [-0.2, -0.15) is 5.10 Å². The van der Waals surface area contributed by atoms with Crippen LogP contribution in [0.4, 0.5) is 0 Å². The Morgan fingerprint density at radius 1 is 1.14 bits per heavy atom. The van der Waals surface area contributed by atoms with E-state index in [9.17, 15) is 4.79 Å². The maximum absolute atomic E-state index is 13.0. The molecule has 2 aliphatic rings.